The quantitative estimate of drug-likeness (QED) is 0.839. The minimum atomic E-state index is -0.272. The van der Waals surface area contributed by atoms with Gasteiger partial charge >= 0.3 is 0 Å². The molecule has 0 spiro atoms. The van der Waals surface area contributed by atoms with Crippen LogP contribution < -0.4 is 5.73 Å². The number of rotatable bonds is 3. The lowest BCUT2D eigenvalue weighted by Crippen LogP contribution is -2.35. The van der Waals surface area contributed by atoms with Crippen LogP contribution in [0.2, 0.25) is 0 Å². The molecule has 1 heterocycles. The minimum absolute atomic E-state index is 0.272. The van der Waals surface area contributed by atoms with Crippen LogP contribution in [0, 0.1) is 0 Å². The van der Waals surface area contributed by atoms with Crippen molar-refractivity contribution in [2.75, 3.05) is 0 Å². The van der Waals surface area contributed by atoms with E-state index in [1.54, 1.807) is 11.3 Å². The topological polar surface area (TPSA) is 26.0 Å². The monoisotopic (exact) mass is 217 g/mol. The maximum atomic E-state index is 6.34. The normalized spacial score (nSPS) is 14.8. The van der Waals surface area contributed by atoms with Crippen LogP contribution >= 0.6 is 11.3 Å². The molecule has 0 amide bonds. The van der Waals surface area contributed by atoms with Gasteiger partial charge in [0, 0.05) is 16.8 Å². The number of thiophene rings is 1. The van der Waals surface area contributed by atoms with Gasteiger partial charge in [0.1, 0.15) is 0 Å². The highest BCUT2D eigenvalue weighted by Crippen LogP contribution is 2.24. The Hall–Kier alpha value is -1.12. The number of nitrogens with two attached hydrogens (primary N) is 1. The average molecular weight is 217 g/mol. The lowest BCUT2D eigenvalue weighted by molar-refractivity contribution is 0.495. The van der Waals surface area contributed by atoms with Crippen molar-refractivity contribution in [3.05, 3.63) is 58.3 Å². The third kappa shape index (κ3) is 2.46. The Morgan fingerprint density at radius 3 is 2.47 bits per heavy atom. The molecule has 1 atom stereocenters. The molecule has 15 heavy (non-hydrogen) atoms. The lowest BCUT2D eigenvalue weighted by Gasteiger charge is -2.24. The molecular formula is C13H15NS. The first-order valence-corrected chi connectivity index (χ1v) is 5.93. The van der Waals surface area contributed by atoms with Crippen LogP contribution in [0.5, 0.6) is 0 Å². The van der Waals surface area contributed by atoms with Crippen LogP contribution in [0.3, 0.4) is 0 Å². The van der Waals surface area contributed by atoms with Crippen molar-refractivity contribution in [1.29, 1.82) is 0 Å². The fourth-order valence-corrected chi connectivity index (χ4v) is 2.57. The zero-order chi connectivity index (χ0) is 10.7. The Balaban J connectivity index is 2.20. The molecule has 1 nitrogen and oxygen atoms in total. The van der Waals surface area contributed by atoms with Gasteiger partial charge in [0.05, 0.1) is 0 Å². The summed E-state index contributed by atoms with van der Waals surface area (Å²) in [6.45, 7) is 2.09. The highest BCUT2D eigenvalue weighted by molar-refractivity contribution is 7.09. The third-order valence-electron chi connectivity index (χ3n) is 2.55. The van der Waals surface area contributed by atoms with Crippen LogP contribution in [-0.4, -0.2) is 0 Å². The maximum Gasteiger partial charge on any atom is 0.0429 e. The van der Waals surface area contributed by atoms with Crippen molar-refractivity contribution in [3.63, 3.8) is 0 Å². The first-order valence-electron chi connectivity index (χ1n) is 5.05. The molecule has 1 aromatic heterocycles. The molecule has 1 aromatic carbocycles. The molecule has 0 bridgehead atoms. The van der Waals surface area contributed by atoms with Gasteiger partial charge < -0.3 is 5.73 Å². The molecule has 0 fully saturated rings. The van der Waals surface area contributed by atoms with Crippen LogP contribution in [0.25, 0.3) is 0 Å². The zero-order valence-corrected chi connectivity index (χ0v) is 9.63. The van der Waals surface area contributed by atoms with Crippen molar-refractivity contribution >= 4 is 11.3 Å². The van der Waals surface area contributed by atoms with E-state index in [9.17, 15) is 0 Å². The van der Waals surface area contributed by atoms with Gasteiger partial charge in [-0.3, -0.25) is 0 Å². The highest BCUT2D eigenvalue weighted by Gasteiger charge is 2.21. The van der Waals surface area contributed by atoms with E-state index < -0.39 is 0 Å². The summed E-state index contributed by atoms with van der Waals surface area (Å²) in [5.74, 6) is 0. The molecule has 1 unspecified atom stereocenters. The SMILES string of the molecule is CC(N)(Cc1cccs1)c1ccccc1. The summed E-state index contributed by atoms with van der Waals surface area (Å²) < 4.78 is 0. The zero-order valence-electron chi connectivity index (χ0n) is 8.81. The summed E-state index contributed by atoms with van der Waals surface area (Å²) in [6, 6.07) is 14.5. The summed E-state index contributed by atoms with van der Waals surface area (Å²) in [6.07, 6.45) is 0.898. The summed E-state index contributed by atoms with van der Waals surface area (Å²) in [4.78, 5) is 1.34. The van der Waals surface area contributed by atoms with Gasteiger partial charge in [-0.1, -0.05) is 36.4 Å². The first-order chi connectivity index (χ1) is 7.18. The minimum Gasteiger partial charge on any atom is -0.321 e. The maximum absolute atomic E-state index is 6.34. The van der Waals surface area contributed by atoms with Crippen LogP contribution in [0.15, 0.2) is 47.8 Å². The Kier molecular flexibility index (Phi) is 2.89. The van der Waals surface area contributed by atoms with Gasteiger partial charge in [0.15, 0.2) is 0 Å². The van der Waals surface area contributed by atoms with Crippen molar-refractivity contribution in [3.8, 4) is 0 Å². The summed E-state index contributed by atoms with van der Waals surface area (Å²) in [5, 5.41) is 2.09. The van der Waals surface area contributed by atoms with Gasteiger partial charge in [-0.05, 0) is 23.9 Å². The molecule has 0 saturated heterocycles. The molecule has 0 aliphatic heterocycles. The summed E-state index contributed by atoms with van der Waals surface area (Å²) >= 11 is 1.76. The van der Waals surface area contributed by atoms with E-state index in [4.69, 9.17) is 5.73 Å². The molecule has 0 saturated carbocycles. The molecule has 78 valence electrons. The van der Waals surface area contributed by atoms with E-state index in [1.165, 1.54) is 10.4 Å². The molecule has 2 N–H and O–H groups in total. The van der Waals surface area contributed by atoms with Crippen molar-refractivity contribution in [2.45, 2.75) is 18.9 Å². The van der Waals surface area contributed by atoms with Gasteiger partial charge in [0.2, 0.25) is 0 Å². The Morgan fingerprint density at radius 2 is 1.87 bits per heavy atom. The van der Waals surface area contributed by atoms with Gasteiger partial charge in [-0.15, -0.1) is 11.3 Å². The fourth-order valence-electron chi connectivity index (χ4n) is 1.70. The van der Waals surface area contributed by atoms with Gasteiger partial charge in [0.25, 0.3) is 0 Å². The predicted molar refractivity (Wildman–Crippen MR) is 66.0 cm³/mol. The first kappa shape index (κ1) is 10.4. The van der Waals surface area contributed by atoms with Crippen molar-refractivity contribution in [1.82, 2.24) is 0 Å². The lowest BCUT2D eigenvalue weighted by atomic mass is 9.89. The van der Waals surface area contributed by atoms with E-state index in [-0.39, 0.29) is 5.54 Å². The van der Waals surface area contributed by atoms with Crippen molar-refractivity contribution in [2.24, 2.45) is 5.73 Å². The highest BCUT2D eigenvalue weighted by atomic mass is 32.1. The second-order valence-corrected chi connectivity index (χ2v) is 5.07. The molecule has 2 heteroatoms. The number of hydrogen-bond donors (Lipinski definition) is 1. The predicted octanol–water partition coefficient (Wildman–Crippen LogP) is 3.16. The smallest absolute Gasteiger partial charge is 0.0429 e. The van der Waals surface area contributed by atoms with Crippen LogP contribution in [0.1, 0.15) is 17.4 Å². The molecular weight excluding hydrogens is 202 g/mol. The average Bonchev–Trinajstić information content (AvgIpc) is 2.71. The van der Waals surface area contributed by atoms with E-state index >= 15 is 0 Å². The summed E-state index contributed by atoms with van der Waals surface area (Å²) in [5.41, 5.74) is 7.26. The van der Waals surface area contributed by atoms with Crippen molar-refractivity contribution < 1.29 is 0 Å². The Bertz CT molecular complexity index is 403. The second kappa shape index (κ2) is 4.17. The van der Waals surface area contributed by atoms with Crippen LogP contribution in [-0.2, 0) is 12.0 Å². The van der Waals surface area contributed by atoms with E-state index in [0.717, 1.165) is 6.42 Å². The molecule has 0 radical (unpaired) electrons. The Morgan fingerprint density at radius 1 is 1.13 bits per heavy atom. The molecule has 2 rings (SSSR count). The van der Waals surface area contributed by atoms with E-state index in [0.29, 0.717) is 0 Å². The summed E-state index contributed by atoms with van der Waals surface area (Å²) in [7, 11) is 0. The number of benzene rings is 1. The number of hydrogen-bond acceptors (Lipinski definition) is 2. The standard InChI is InChI=1S/C13H15NS/c1-13(14,10-12-8-5-9-15-12)11-6-3-2-4-7-11/h2-9H,10,14H2,1H3. The second-order valence-electron chi connectivity index (χ2n) is 4.04. The fraction of sp³-hybridized carbons (Fsp3) is 0.231. The van der Waals surface area contributed by atoms with Gasteiger partial charge in [-0.25, -0.2) is 0 Å². The van der Waals surface area contributed by atoms with Crippen LogP contribution in [0.4, 0.5) is 0 Å². The van der Waals surface area contributed by atoms with Gasteiger partial charge in [-0.2, -0.15) is 0 Å². The molecule has 0 aliphatic carbocycles. The largest absolute Gasteiger partial charge is 0.321 e. The molecule has 2 aromatic rings. The Labute approximate surface area is 94.6 Å². The third-order valence-corrected chi connectivity index (χ3v) is 3.43. The van der Waals surface area contributed by atoms with E-state index in [2.05, 4.69) is 36.6 Å². The molecule has 0 aliphatic rings. The van der Waals surface area contributed by atoms with E-state index in [1.807, 2.05) is 18.2 Å².